The number of ether oxygens (including phenoxy) is 2. The normalized spacial score (nSPS) is 12.1. The van der Waals surface area contributed by atoms with Gasteiger partial charge in [-0.1, -0.05) is 6.07 Å². The van der Waals surface area contributed by atoms with Crippen LogP contribution in [0.25, 0.3) is 0 Å². The molecular weight excluding hydrogens is 461 g/mol. The van der Waals surface area contributed by atoms with Gasteiger partial charge in [0.1, 0.15) is 12.4 Å². The van der Waals surface area contributed by atoms with Crippen LogP contribution in [0.3, 0.4) is 0 Å². The third-order valence-electron chi connectivity index (χ3n) is 4.98. The lowest BCUT2D eigenvalue weighted by atomic mass is 10.1. The van der Waals surface area contributed by atoms with Crippen molar-refractivity contribution in [3.8, 4) is 11.5 Å². The van der Waals surface area contributed by atoms with Crippen LogP contribution < -0.4 is 19.5 Å². The average molecular weight is 488 g/mol. The molecule has 1 unspecified atom stereocenters. The fraction of sp³-hybridized carbons (Fsp3) is 0.250. The predicted octanol–water partition coefficient (Wildman–Crippen LogP) is 3.35. The zero-order chi connectivity index (χ0) is 24.6. The fourth-order valence-electron chi connectivity index (χ4n) is 3.11. The van der Waals surface area contributed by atoms with Crippen LogP contribution >= 0.6 is 0 Å². The van der Waals surface area contributed by atoms with Crippen molar-refractivity contribution in [2.24, 2.45) is 0 Å². The van der Waals surface area contributed by atoms with Crippen LogP contribution in [0.15, 0.2) is 71.9 Å². The number of sulfonamides is 1. The molecule has 34 heavy (non-hydrogen) atoms. The molecule has 1 aromatic heterocycles. The molecule has 10 heteroatoms. The number of amides is 1. The van der Waals surface area contributed by atoms with Gasteiger partial charge in [0, 0.05) is 25.4 Å². The largest absolute Gasteiger partial charge is 0.493 e. The van der Waals surface area contributed by atoms with E-state index in [9.17, 15) is 17.6 Å². The van der Waals surface area contributed by atoms with Crippen LogP contribution in [0.1, 0.15) is 30.5 Å². The molecule has 3 aromatic rings. The van der Waals surface area contributed by atoms with Gasteiger partial charge in [0.25, 0.3) is 0 Å². The van der Waals surface area contributed by atoms with E-state index in [1.54, 1.807) is 24.5 Å². The first-order valence-electron chi connectivity index (χ1n) is 10.5. The smallest absolute Gasteiger partial charge is 0.240 e. The second kappa shape index (κ2) is 11.6. The lowest BCUT2D eigenvalue weighted by Crippen LogP contribution is -2.32. The highest BCUT2D eigenvalue weighted by atomic mass is 32.2. The molecule has 0 aliphatic carbocycles. The Hall–Kier alpha value is -3.50. The van der Waals surface area contributed by atoms with Crippen LogP contribution in [0.5, 0.6) is 11.5 Å². The Morgan fingerprint density at radius 3 is 2.44 bits per heavy atom. The molecule has 0 radical (unpaired) electrons. The van der Waals surface area contributed by atoms with Crippen LogP contribution in [0.4, 0.5) is 4.39 Å². The van der Waals surface area contributed by atoms with E-state index in [0.29, 0.717) is 18.1 Å². The number of hydrogen-bond donors (Lipinski definition) is 2. The standard InChI is InChI=1S/C24H26FN3O5S/c1-17(28-24(29)11-14-27-34(30,31)21-6-4-20(25)5-7-21)19-3-8-22(23(15-19)32-2)33-16-18-9-12-26-13-10-18/h3-10,12-13,15,17,27H,11,14,16H2,1-2H3,(H,28,29). The van der Waals surface area contributed by atoms with Crippen LogP contribution in [0.2, 0.25) is 0 Å². The number of pyridine rings is 1. The first-order valence-corrected chi connectivity index (χ1v) is 12.0. The van der Waals surface area contributed by atoms with Gasteiger partial charge in [-0.15, -0.1) is 0 Å². The monoisotopic (exact) mass is 487 g/mol. The molecule has 0 spiro atoms. The van der Waals surface area contributed by atoms with Crippen molar-refractivity contribution in [2.75, 3.05) is 13.7 Å². The van der Waals surface area contributed by atoms with Gasteiger partial charge in [0.15, 0.2) is 11.5 Å². The van der Waals surface area contributed by atoms with Gasteiger partial charge in [-0.25, -0.2) is 17.5 Å². The van der Waals surface area contributed by atoms with Crippen LogP contribution in [-0.4, -0.2) is 33.0 Å². The summed E-state index contributed by atoms with van der Waals surface area (Å²) in [6.45, 7) is 2.08. The summed E-state index contributed by atoms with van der Waals surface area (Å²) in [5, 5.41) is 2.83. The molecule has 2 N–H and O–H groups in total. The summed E-state index contributed by atoms with van der Waals surface area (Å²) in [7, 11) is -2.29. The molecule has 180 valence electrons. The molecule has 1 atom stereocenters. The van der Waals surface area contributed by atoms with Gasteiger partial charge in [0.2, 0.25) is 15.9 Å². The zero-order valence-corrected chi connectivity index (χ0v) is 19.6. The molecule has 2 aromatic carbocycles. The van der Waals surface area contributed by atoms with Crippen LogP contribution in [-0.2, 0) is 21.4 Å². The number of aromatic nitrogens is 1. The summed E-state index contributed by atoms with van der Waals surface area (Å²) < 4.78 is 51.0. The van der Waals surface area contributed by atoms with Crippen molar-refractivity contribution in [1.82, 2.24) is 15.0 Å². The SMILES string of the molecule is COc1cc(C(C)NC(=O)CCNS(=O)(=O)c2ccc(F)cc2)ccc1OCc1ccncc1. The Balaban J connectivity index is 1.52. The third-order valence-corrected chi connectivity index (χ3v) is 6.45. The molecule has 0 bridgehead atoms. The highest BCUT2D eigenvalue weighted by Crippen LogP contribution is 2.31. The summed E-state index contributed by atoms with van der Waals surface area (Å²) >= 11 is 0. The second-order valence-corrected chi connectivity index (χ2v) is 9.21. The molecule has 0 saturated carbocycles. The maximum Gasteiger partial charge on any atom is 0.240 e. The van der Waals surface area contributed by atoms with E-state index in [1.807, 2.05) is 25.1 Å². The fourth-order valence-corrected chi connectivity index (χ4v) is 4.14. The minimum absolute atomic E-state index is 0.0605. The lowest BCUT2D eigenvalue weighted by Gasteiger charge is -2.17. The topological polar surface area (TPSA) is 107 Å². The summed E-state index contributed by atoms with van der Waals surface area (Å²) in [5.74, 6) is 0.236. The first-order chi connectivity index (χ1) is 16.3. The number of halogens is 1. The number of carbonyl (C=O) groups excluding carboxylic acids is 1. The number of nitrogens with zero attached hydrogens (tertiary/aromatic N) is 1. The van der Waals surface area contributed by atoms with E-state index in [2.05, 4.69) is 15.0 Å². The number of carbonyl (C=O) groups is 1. The summed E-state index contributed by atoms with van der Waals surface area (Å²) in [5.41, 5.74) is 1.77. The van der Waals surface area contributed by atoms with E-state index in [4.69, 9.17) is 9.47 Å². The molecule has 0 fully saturated rings. The van der Waals surface area contributed by atoms with Gasteiger partial charge in [-0.3, -0.25) is 9.78 Å². The van der Waals surface area contributed by atoms with E-state index in [1.165, 1.54) is 7.11 Å². The molecule has 1 heterocycles. The Morgan fingerprint density at radius 2 is 1.76 bits per heavy atom. The molecule has 3 rings (SSSR count). The molecule has 1 amide bonds. The van der Waals surface area contributed by atoms with Crippen molar-refractivity contribution < 1.29 is 27.1 Å². The quantitative estimate of drug-likeness (QED) is 0.430. The van der Waals surface area contributed by atoms with Gasteiger partial charge >= 0.3 is 0 Å². The lowest BCUT2D eigenvalue weighted by molar-refractivity contribution is -0.121. The number of rotatable bonds is 11. The minimum Gasteiger partial charge on any atom is -0.493 e. The van der Waals surface area contributed by atoms with Crippen molar-refractivity contribution >= 4 is 15.9 Å². The van der Waals surface area contributed by atoms with E-state index in [-0.39, 0.29) is 29.8 Å². The number of methoxy groups -OCH3 is 1. The third kappa shape index (κ3) is 7.00. The van der Waals surface area contributed by atoms with Crippen LogP contribution in [0, 0.1) is 5.82 Å². The highest BCUT2D eigenvalue weighted by molar-refractivity contribution is 7.89. The van der Waals surface area contributed by atoms with Crippen molar-refractivity contribution in [1.29, 1.82) is 0 Å². The Kier molecular flexibility index (Phi) is 8.55. The maximum atomic E-state index is 13.0. The van der Waals surface area contributed by atoms with Crippen molar-refractivity contribution in [3.05, 3.63) is 83.9 Å². The minimum atomic E-state index is -3.82. The first kappa shape index (κ1) is 25.1. The van der Waals surface area contributed by atoms with Crippen molar-refractivity contribution in [2.45, 2.75) is 30.9 Å². The van der Waals surface area contributed by atoms with Gasteiger partial charge in [-0.05, 0) is 66.6 Å². The molecular formula is C24H26FN3O5S. The summed E-state index contributed by atoms with van der Waals surface area (Å²) in [6.07, 6.45) is 3.32. The van der Waals surface area contributed by atoms with E-state index >= 15 is 0 Å². The van der Waals surface area contributed by atoms with E-state index in [0.717, 1.165) is 35.4 Å². The Labute approximate surface area is 198 Å². The molecule has 0 saturated heterocycles. The Bertz CT molecular complexity index is 1210. The van der Waals surface area contributed by atoms with Gasteiger partial charge in [0.05, 0.1) is 18.0 Å². The molecule has 0 aliphatic heterocycles. The predicted molar refractivity (Wildman–Crippen MR) is 124 cm³/mol. The average Bonchev–Trinajstić information content (AvgIpc) is 2.83. The Morgan fingerprint density at radius 1 is 1.06 bits per heavy atom. The van der Waals surface area contributed by atoms with Gasteiger partial charge < -0.3 is 14.8 Å². The number of hydrogen-bond acceptors (Lipinski definition) is 6. The number of nitrogens with one attached hydrogen (secondary N) is 2. The summed E-state index contributed by atoms with van der Waals surface area (Å²) in [6, 6.07) is 13.2. The molecule has 0 aliphatic rings. The molecule has 8 nitrogen and oxygen atoms in total. The zero-order valence-electron chi connectivity index (χ0n) is 18.8. The highest BCUT2D eigenvalue weighted by Gasteiger charge is 2.16. The summed E-state index contributed by atoms with van der Waals surface area (Å²) in [4.78, 5) is 16.2. The van der Waals surface area contributed by atoms with Crippen molar-refractivity contribution in [3.63, 3.8) is 0 Å². The van der Waals surface area contributed by atoms with Gasteiger partial charge in [-0.2, -0.15) is 0 Å². The van der Waals surface area contributed by atoms with E-state index < -0.39 is 15.8 Å². The second-order valence-electron chi connectivity index (χ2n) is 7.45. The maximum absolute atomic E-state index is 13.0. The number of benzene rings is 2.